The van der Waals surface area contributed by atoms with Gasteiger partial charge < -0.3 is 4.74 Å². The number of aryl methyl sites for hydroxylation is 1. The van der Waals surface area contributed by atoms with Crippen molar-refractivity contribution in [1.82, 2.24) is 4.98 Å². The van der Waals surface area contributed by atoms with E-state index in [2.05, 4.69) is 11.9 Å². The predicted molar refractivity (Wildman–Crippen MR) is 63.9 cm³/mol. The first-order valence-electron chi connectivity index (χ1n) is 5.51. The summed E-state index contributed by atoms with van der Waals surface area (Å²) in [5.74, 6) is -0.309. The molecule has 0 saturated carbocycles. The molecule has 0 fully saturated rings. The van der Waals surface area contributed by atoms with Crippen LogP contribution < -0.4 is 0 Å². The Morgan fingerprint density at radius 3 is 3.00 bits per heavy atom. The summed E-state index contributed by atoms with van der Waals surface area (Å²) in [7, 11) is 0. The molecule has 0 atom stereocenters. The van der Waals surface area contributed by atoms with Crippen LogP contribution in [0.1, 0.15) is 31.2 Å². The molecule has 1 heterocycles. The van der Waals surface area contributed by atoms with E-state index in [1.165, 1.54) is 6.08 Å². The number of carbonyl (C=O) groups excluding carboxylic acids is 1. The summed E-state index contributed by atoms with van der Waals surface area (Å²) in [4.78, 5) is 15.5. The number of nitrogens with zero attached hydrogens (tertiary/aromatic N) is 1. The molecule has 1 aromatic rings. The van der Waals surface area contributed by atoms with Crippen LogP contribution in [0.25, 0.3) is 6.08 Å². The average Bonchev–Trinajstić information content (AvgIpc) is 2.27. The first kappa shape index (κ1) is 12.4. The van der Waals surface area contributed by atoms with Gasteiger partial charge in [0.05, 0.1) is 12.3 Å². The highest BCUT2D eigenvalue weighted by Crippen LogP contribution is 2.00. The summed E-state index contributed by atoms with van der Waals surface area (Å²) in [6.07, 6.45) is 5.01. The molecule has 1 rings (SSSR count). The number of ether oxygens (including phenoxy) is 1. The highest BCUT2D eigenvalue weighted by molar-refractivity contribution is 5.86. The third-order valence-electron chi connectivity index (χ3n) is 2.04. The van der Waals surface area contributed by atoms with Crippen LogP contribution in [0.3, 0.4) is 0 Å². The lowest BCUT2D eigenvalue weighted by atomic mass is 10.3. The topological polar surface area (TPSA) is 39.2 Å². The molecule has 86 valence electrons. The van der Waals surface area contributed by atoms with Gasteiger partial charge in [-0.05, 0) is 31.6 Å². The van der Waals surface area contributed by atoms with E-state index in [9.17, 15) is 4.79 Å². The Morgan fingerprint density at radius 2 is 2.31 bits per heavy atom. The molecule has 0 N–H and O–H groups in total. The van der Waals surface area contributed by atoms with Gasteiger partial charge >= 0.3 is 5.97 Å². The maximum absolute atomic E-state index is 11.2. The van der Waals surface area contributed by atoms with Gasteiger partial charge in [0.2, 0.25) is 0 Å². The summed E-state index contributed by atoms with van der Waals surface area (Å²) in [6.45, 7) is 4.46. The van der Waals surface area contributed by atoms with Crippen LogP contribution in [-0.2, 0) is 9.53 Å². The van der Waals surface area contributed by atoms with Crippen LogP contribution in [0.4, 0.5) is 0 Å². The molecule has 0 bridgehead atoms. The number of pyridine rings is 1. The van der Waals surface area contributed by atoms with Crippen molar-refractivity contribution in [1.29, 1.82) is 0 Å². The lowest BCUT2D eigenvalue weighted by Gasteiger charge is -1.99. The third-order valence-corrected chi connectivity index (χ3v) is 2.04. The second-order valence-electron chi connectivity index (χ2n) is 3.56. The summed E-state index contributed by atoms with van der Waals surface area (Å²) in [6, 6.07) is 5.67. The summed E-state index contributed by atoms with van der Waals surface area (Å²) in [5, 5.41) is 0. The molecule has 0 saturated heterocycles. The normalized spacial score (nSPS) is 10.6. The van der Waals surface area contributed by atoms with E-state index < -0.39 is 0 Å². The standard InChI is InChI=1S/C13H17NO2/c1-3-4-10-16-13(15)9-8-12-7-5-6-11(2)14-12/h5-9H,3-4,10H2,1-2H3/b9-8+. The van der Waals surface area contributed by atoms with Crippen molar-refractivity contribution in [3.63, 3.8) is 0 Å². The van der Waals surface area contributed by atoms with Crippen LogP contribution >= 0.6 is 0 Å². The number of rotatable bonds is 5. The summed E-state index contributed by atoms with van der Waals surface area (Å²) >= 11 is 0. The minimum absolute atomic E-state index is 0.309. The molecule has 0 aliphatic rings. The summed E-state index contributed by atoms with van der Waals surface area (Å²) < 4.78 is 4.98. The molecule has 1 aromatic heterocycles. The van der Waals surface area contributed by atoms with Crippen molar-refractivity contribution in [3.8, 4) is 0 Å². The Bertz CT molecular complexity index is 372. The fourth-order valence-corrected chi connectivity index (χ4v) is 1.18. The maximum Gasteiger partial charge on any atom is 0.330 e. The molecule has 0 aliphatic carbocycles. The lowest BCUT2D eigenvalue weighted by Crippen LogP contribution is -2.01. The van der Waals surface area contributed by atoms with Crippen molar-refractivity contribution >= 4 is 12.0 Å². The van der Waals surface area contributed by atoms with Crippen molar-refractivity contribution in [2.75, 3.05) is 6.61 Å². The number of carbonyl (C=O) groups is 1. The van der Waals surface area contributed by atoms with E-state index in [-0.39, 0.29) is 5.97 Å². The fraction of sp³-hybridized carbons (Fsp3) is 0.385. The zero-order valence-corrected chi connectivity index (χ0v) is 9.77. The van der Waals surface area contributed by atoms with Gasteiger partial charge in [0.25, 0.3) is 0 Å². The quantitative estimate of drug-likeness (QED) is 0.434. The van der Waals surface area contributed by atoms with Gasteiger partial charge in [0.1, 0.15) is 0 Å². The van der Waals surface area contributed by atoms with Gasteiger partial charge in [-0.25, -0.2) is 4.79 Å². The Hall–Kier alpha value is -1.64. The van der Waals surface area contributed by atoms with Gasteiger partial charge in [-0.3, -0.25) is 4.98 Å². The minimum atomic E-state index is -0.309. The van der Waals surface area contributed by atoms with Gasteiger partial charge in [-0.15, -0.1) is 0 Å². The van der Waals surface area contributed by atoms with Crippen molar-refractivity contribution < 1.29 is 9.53 Å². The predicted octanol–water partition coefficient (Wildman–Crippen LogP) is 2.75. The molecular formula is C13H17NO2. The zero-order valence-electron chi connectivity index (χ0n) is 9.77. The molecule has 3 heteroatoms. The lowest BCUT2D eigenvalue weighted by molar-refractivity contribution is -0.137. The van der Waals surface area contributed by atoms with E-state index in [0.717, 1.165) is 24.2 Å². The van der Waals surface area contributed by atoms with E-state index in [1.807, 2.05) is 25.1 Å². The number of esters is 1. The van der Waals surface area contributed by atoms with Crippen molar-refractivity contribution in [2.45, 2.75) is 26.7 Å². The van der Waals surface area contributed by atoms with Crippen LogP contribution in [-0.4, -0.2) is 17.6 Å². The monoisotopic (exact) mass is 219 g/mol. The van der Waals surface area contributed by atoms with Crippen LogP contribution in [0.15, 0.2) is 24.3 Å². The van der Waals surface area contributed by atoms with E-state index in [0.29, 0.717) is 6.61 Å². The average molecular weight is 219 g/mol. The number of aromatic nitrogens is 1. The second-order valence-corrected chi connectivity index (χ2v) is 3.56. The minimum Gasteiger partial charge on any atom is -0.463 e. The highest BCUT2D eigenvalue weighted by Gasteiger charge is 1.96. The molecule has 0 spiro atoms. The van der Waals surface area contributed by atoms with Crippen LogP contribution in [0, 0.1) is 6.92 Å². The number of unbranched alkanes of at least 4 members (excludes halogenated alkanes) is 1. The van der Waals surface area contributed by atoms with E-state index in [1.54, 1.807) is 6.08 Å². The van der Waals surface area contributed by atoms with Gasteiger partial charge in [-0.2, -0.15) is 0 Å². The smallest absolute Gasteiger partial charge is 0.330 e. The fourth-order valence-electron chi connectivity index (χ4n) is 1.18. The first-order valence-corrected chi connectivity index (χ1v) is 5.51. The van der Waals surface area contributed by atoms with Gasteiger partial charge in [0, 0.05) is 11.8 Å². The maximum atomic E-state index is 11.2. The molecule has 3 nitrogen and oxygen atoms in total. The second kappa shape index (κ2) is 6.77. The molecule has 0 unspecified atom stereocenters. The first-order chi connectivity index (χ1) is 7.72. The Kier molecular flexibility index (Phi) is 5.26. The van der Waals surface area contributed by atoms with E-state index in [4.69, 9.17) is 4.74 Å². The van der Waals surface area contributed by atoms with Gasteiger partial charge in [0.15, 0.2) is 0 Å². The number of hydrogen-bond donors (Lipinski definition) is 0. The largest absolute Gasteiger partial charge is 0.463 e. The van der Waals surface area contributed by atoms with E-state index >= 15 is 0 Å². The van der Waals surface area contributed by atoms with Crippen molar-refractivity contribution in [2.24, 2.45) is 0 Å². The molecule has 16 heavy (non-hydrogen) atoms. The Labute approximate surface area is 96.2 Å². The Balaban J connectivity index is 2.44. The summed E-state index contributed by atoms with van der Waals surface area (Å²) in [5.41, 5.74) is 1.70. The zero-order chi connectivity index (χ0) is 11.8. The Morgan fingerprint density at radius 1 is 1.50 bits per heavy atom. The van der Waals surface area contributed by atoms with Crippen LogP contribution in [0.5, 0.6) is 0 Å². The van der Waals surface area contributed by atoms with Crippen molar-refractivity contribution in [3.05, 3.63) is 35.7 Å². The number of hydrogen-bond acceptors (Lipinski definition) is 3. The molecule has 0 amide bonds. The van der Waals surface area contributed by atoms with Gasteiger partial charge in [-0.1, -0.05) is 19.4 Å². The molecule has 0 aliphatic heterocycles. The highest BCUT2D eigenvalue weighted by atomic mass is 16.5. The third kappa shape index (κ3) is 4.73. The molecule has 0 aromatic carbocycles. The SMILES string of the molecule is CCCCOC(=O)/C=C/c1cccc(C)n1. The molecule has 0 radical (unpaired) electrons. The molecular weight excluding hydrogens is 202 g/mol. The van der Waals surface area contributed by atoms with Crippen LogP contribution in [0.2, 0.25) is 0 Å².